The largest absolute Gasteiger partial charge is 0.491 e. The normalized spacial score (nSPS) is 18.9. The molecule has 2 N–H and O–H groups in total. The number of nitrogens with zero attached hydrogens (tertiary/aromatic N) is 2. The maximum atomic E-state index is 11.7. The van der Waals surface area contributed by atoms with Crippen LogP contribution in [-0.4, -0.2) is 66.5 Å². The molecule has 0 spiro atoms. The maximum absolute atomic E-state index is 11.7. The molecule has 36 heavy (non-hydrogen) atoms. The molecule has 1 aromatic carbocycles. The van der Waals surface area contributed by atoms with Gasteiger partial charge >= 0.3 is 5.97 Å². The highest BCUT2D eigenvalue weighted by Crippen LogP contribution is 2.29. The lowest BCUT2D eigenvalue weighted by Crippen LogP contribution is -2.31. The molecule has 2 aliphatic heterocycles. The summed E-state index contributed by atoms with van der Waals surface area (Å²) in [6.45, 7) is 8.17. The highest BCUT2D eigenvalue weighted by molar-refractivity contribution is 5.68. The predicted molar refractivity (Wildman–Crippen MR) is 142 cm³/mol. The standard InChI is InChI=1S/C29H41N3O4/c1-29(2,35-3)20-36-26-8-4-6-23(16-26)24(17-27(33)34)19-32-15-13-21(18-32)9-11-25-12-10-22-7-5-14-30-28(22)31-25/h4,6,8,10,12,16,21,24H,5,7,9,11,13-15,17-20H2,1-3H3,(H,30,31)(H,33,34)/t21-,24-/m1/s1. The Bertz CT molecular complexity index is 1030. The van der Waals surface area contributed by atoms with Crippen LogP contribution in [0.3, 0.4) is 0 Å². The fourth-order valence-corrected chi connectivity index (χ4v) is 5.16. The zero-order chi connectivity index (χ0) is 25.5. The lowest BCUT2D eigenvalue weighted by Gasteiger charge is -2.25. The smallest absolute Gasteiger partial charge is 0.304 e. The fourth-order valence-electron chi connectivity index (χ4n) is 5.16. The Hall–Kier alpha value is -2.64. The number of anilines is 1. The number of hydrogen-bond acceptors (Lipinski definition) is 6. The number of benzene rings is 1. The van der Waals surface area contributed by atoms with E-state index in [4.69, 9.17) is 14.5 Å². The second-order valence-electron chi connectivity index (χ2n) is 10.9. The van der Waals surface area contributed by atoms with Gasteiger partial charge in [0.05, 0.1) is 12.0 Å². The zero-order valence-corrected chi connectivity index (χ0v) is 22.0. The van der Waals surface area contributed by atoms with Crippen LogP contribution in [-0.2, 0) is 22.4 Å². The topological polar surface area (TPSA) is 83.9 Å². The van der Waals surface area contributed by atoms with Crippen LogP contribution < -0.4 is 10.1 Å². The third-order valence-corrected chi connectivity index (χ3v) is 7.50. The number of aliphatic carboxylic acids is 1. The van der Waals surface area contributed by atoms with E-state index in [1.807, 2.05) is 38.1 Å². The third kappa shape index (κ3) is 7.43. The van der Waals surface area contributed by atoms with Gasteiger partial charge in [-0.2, -0.15) is 0 Å². The second-order valence-corrected chi connectivity index (χ2v) is 10.9. The van der Waals surface area contributed by atoms with Crippen molar-refractivity contribution in [2.45, 2.75) is 63.9 Å². The van der Waals surface area contributed by atoms with Crippen LogP contribution in [0.2, 0.25) is 0 Å². The molecule has 0 radical (unpaired) electrons. The van der Waals surface area contributed by atoms with Gasteiger partial charge in [-0.3, -0.25) is 4.79 Å². The highest BCUT2D eigenvalue weighted by Gasteiger charge is 2.27. The van der Waals surface area contributed by atoms with Crippen LogP contribution in [0, 0.1) is 5.92 Å². The van der Waals surface area contributed by atoms with Gasteiger partial charge in [0.15, 0.2) is 0 Å². The van der Waals surface area contributed by atoms with Crippen molar-refractivity contribution in [1.82, 2.24) is 9.88 Å². The summed E-state index contributed by atoms with van der Waals surface area (Å²) in [7, 11) is 1.67. The number of fused-ring (bicyclic) bond motifs is 1. The molecule has 2 atom stereocenters. The average molecular weight is 496 g/mol. The van der Waals surface area contributed by atoms with Gasteiger partial charge in [0.2, 0.25) is 0 Å². The summed E-state index contributed by atoms with van der Waals surface area (Å²) in [4.78, 5) is 19.0. The molecule has 0 bridgehead atoms. The SMILES string of the molecule is COC(C)(C)COc1cccc([C@H](CC(=O)O)CN2CC[C@@H](CCc3ccc4c(n3)NCCC4)C2)c1. The van der Waals surface area contributed by atoms with Crippen LogP contribution in [0.4, 0.5) is 5.82 Å². The fraction of sp³-hybridized carbons (Fsp3) is 0.586. The Kier molecular flexibility index (Phi) is 8.86. The van der Waals surface area contributed by atoms with Gasteiger partial charge in [0.25, 0.3) is 0 Å². The number of likely N-dealkylation sites (tertiary alicyclic amines) is 1. The van der Waals surface area contributed by atoms with E-state index in [0.29, 0.717) is 12.5 Å². The Morgan fingerprint density at radius 1 is 1.31 bits per heavy atom. The Morgan fingerprint density at radius 2 is 2.17 bits per heavy atom. The molecule has 0 saturated carbocycles. The van der Waals surface area contributed by atoms with E-state index in [-0.39, 0.29) is 17.9 Å². The van der Waals surface area contributed by atoms with Crippen LogP contribution >= 0.6 is 0 Å². The molecule has 1 fully saturated rings. The molecule has 0 unspecified atom stereocenters. The van der Waals surface area contributed by atoms with Crippen molar-refractivity contribution in [3.05, 3.63) is 53.2 Å². The van der Waals surface area contributed by atoms with E-state index in [0.717, 1.165) is 69.0 Å². The molecule has 0 amide bonds. The first-order chi connectivity index (χ1) is 17.3. The van der Waals surface area contributed by atoms with Crippen molar-refractivity contribution in [2.75, 3.05) is 45.2 Å². The molecular weight excluding hydrogens is 454 g/mol. The number of ether oxygens (including phenoxy) is 2. The summed E-state index contributed by atoms with van der Waals surface area (Å²) in [6.07, 6.45) is 5.66. The van der Waals surface area contributed by atoms with E-state index < -0.39 is 5.97 Å². The number of carbonyl (C=O) groups is 1. The third-order valence-electron chi connectivity index (χ3n) is 7.50. The van der Waals surface area contributed by atoms with Crippen molar-refractivity contribution in [3.63, 3.8) is 0 Å². The number of carboxylic acids is 1. The quantitative estimate of drug-likeness (QED) is 0.439. The number of nitrogens with one attached hydrogen (secondary N) is 1. The molecule has 7 nitrogen and oxygen atoms in total. The lowest BCUT2D eigenvalue weighted by molar-refractivity contribution is -0.137. The second kappa shape index (κ2) is 12.1. The highest BCUT2D eigenvalue weighted by atomic mass is 16.5. The minimum absolute atomic E-state index is 0.0753. The number of carboxylic acid groups (broad SMARTS) is 1. The number of aryl methyl sites for hydroxylation is 2. The van der Waals surface area contributed by atoms with Gasteiger partial charge in [-0.05, 0) is 87.7 Å². The molecule has 3 heterocycles. The number of pyridine rings is 1. The minimum Gasteiger partial charge on any atom is -0.491 e. The van der Waals surface area contributed by atoms with Crippen LogP contribution in [0.1, 0.15) is 62.3 Å². The Balaban J connectivity index is 1.32. The molecule has 7 heteroatoms. The van der Waals surface area contributed by atoms with E-state index >= 15 is 0 Å². The zero-order valence-electron chi connectivity index (χ0n) is 22.0. The number of aromatic nitrogens is 1. The van der Waals surface area contributed by atoms with Gasteiger partial charge in [0.1, 0.15) is 18.2 Å². The van der Waals surface area contributed by atoms with Gasteiger partial charge in [-0.15, -0.1) is 0 Å². The monoisotopic (exact) mass is 495 g/mol. The summed E-state index contributed by atoms with van der Waals surface area (Å²) in [5.74, 6) is 1.59. The van der Waals surface area contributed by atoms with Crippen LogP contribution in [0.5, 0.6) is 5.75 Å². The van der Waals surface area contributed by atoms with Crippen molar-refractivity contribution in [1.29, 1.82) is 0 Å². The molecule has 2 aliphatic rings. The first-order valence-electron chi connectivity index (χ1n) is 13.3. The van der Waals surface area contributed by atoms with Crippen LogP contribution in [0.15, 0.2) is 36.4 Å². The molecule has 4 rings (SSSR count). The lowest BCUT2D eigenvalue weighted by atomic mass is 9.94. The van der Waals surface area contributed by atoms with E-state index in [9.17, 15) is 9.90 Å². The van der Waals surface area contributed by atoms with Gasteiger partial charge in [0, 0.05) is 38.4 Å². The Morgan fingerprint density at radius 3 is 2.97 bits per heavy atom. The summed E-state index contributed by atoms with van der Waals surface area (Å²) < 4.78 is 11.4. The molecular formula is C29H41N3O4. The number of hydrogen-bond donors (Lipinski definition) is 2. The molecule has 2 aromatic rings. The average Bonchev–Trinajstić information content (AvgIpc) is 3.33. The van der Waals surface area contributed by atoms with E-state index in [2.05, 4.69) is 22.3 Å². The van der Waals surface area contributed by atoms with E-state index in [1.54, 1.807) is 7.11 Å². The minimum atomic E-state index is -0.769. The van der Waals surface area contributed by atoms with Crippen molar-refractivity contribution < 1.29 is 19.4 Å². The molecule has 196 valence electrons. The van der Waals surface area contributed by atoms with Crippen molar-refractivity contribution in [3.8, 4) is 5.75 Å². The molecule has 1 saturated heterocycles. The van der Waals surface area contributed by atoms with Crippen molar-refractivity contribution in [2.24, 2.45) is 5.92 Å². The predicted octanol–water partition coefficient (Wildman–Crippen LogP) is 4.76. The van der Waals surface area contributed by atoms with Gasteiger partial charge in [-0.25, -0.2) is 4.98 Å². The van der Waals surface area contributed by atoms with Gasteiger partial charge < -0.3 is 24.8 Å². The van der Waals surface area contributed by atoms with Crippen LogP contribution in [0.25, 0.3) is 0 Å². The Labute approximate surface area is 215 Å². The summed E-state index contributed by atoms with van der Waals surface area (Å²) >= 11 is 0. The molecule has 0 aliphatic carbocycles. The summed E-state index contributed by atoms with van der Waals surface area (Å²) in [5.41, 5.74) is 3.13. The van der Waals surface area contributed by atoms with Crippen molar-refractivity contribution >= 4 is 11.8 Å². The number of methoxy groups -OCH3 is 1. The first kappa shape index (κ1) is 26.4. The first-order valence-corrected chi connectivity index (χ1v) is 13.3. The molecule has 1 aromatic heterocycles. The summed E-state index contributed by atoms with van der Waals surface area (Å²) in [5, 5.41) is 13.0. The van der Waals surface area contributed by atoms with E-state index in [1.165, 1.54) is 17.7 Å². The number of rotatable bonds is 12. The maximum Gasteiger partial charge on any atom is 0.304 e. The van der Waals surface area contributed by atoms with Gasteiger partial charge in [-0.1, -0.05) is 18.2 Å². The summed E-state index contributed by atoms with van der Waals surface area (Å²) in [6, 6.07) is 12.3.